The molecule has 92 valence electrons. The van der Waals surface area contributed by atoms with Crippen LogP contribution in [0.4, 0.5) is 0 Å². The SMILES string of the molecule is C=CCNC1(C(=O)OC)CCCC(C)CC1. The number of esters is 1. The van der Waals surface area contributed by atoms with E-state index in [0.29, 0.717) is 12.5 Å². The van der Waals surface area contributed by atoms with E-state index in [-0.39, 0.29) is 5.97 Å². The van der Waals surface area contributed by atoms with Gasteiger partial charge < -0.3 is 4.74 Å². The summed E-state index contributed by atoms with van der Waals surface area (Å²) in [6, 6.07) is 0. The van der Waals surface area contributed by atoms with Gasteiger partial charge in [-0.05, 0) is 25.2 Å². The Balaban J connectivity index is 2.75. The van der Waals surface area contributed by atoms with Gasteiger partial charge in [-0.15, -0.1) is 6.58 Å². The van der Waals surface area contributed by atoms with Gasteiger partial charge in [0.25, 0.3) is 0 Å². The molecule has 0 radical (unpaired) electrons. The number of methoxy groups -OCH3 is 1. The van der Waals surface area contributed by atoms with Crippen molar-refractivity contribution in [3.8, 4) is 0 Å². The maximum absolute atomic E-state index is 11.9. The molecule has 1 rings (SSSR count). The molecule has 1 saturated carbocycles. The summed E-state index contributed by atoms with van der Waals surface area (Å²) in [5, 5.41) is 3.30. The van der Waals surface area contributed by atoms with E-state index in [1.165, 1.54) is 13.5 Å². The van der Waals surface area contributed by atoms with Gasteiger partial charge in [-0.3, -0.25) is 10.1 Å². The summed E-state index contributed by atoms with van der Waals surface area (Å²) in [6.07, 6.45) is 6.90. The van der Waals surface area contributed by atoms with Gasteiger partial charge in [-0.2, -0.15) is 0 Å². The highest BCUT2D eigenvalue weighted by atomic mass is 16.5. The third-order valence-electron chi connectivity index (χ3n) is 3.53. The second-order valence-corrected chi connectivity index (χ2v) is 4.78. The zero-order valence-electron chi connectivity index (χ0n) is 10.4. The van der Waals surface area contributed by atoms with E-state index in [1.54, 1.807) is 6.08 Å². The zero-order valence-corrected chi connectivity index (χ0v) is 10.4. The molecule has 2 atom stereocenters. The summed E-state index contributed by atoms with van der Waals surface area (Å²) >= 11 is 0. The largest absolute Gasteiger partial charge is 0.468 e. The molecule has 0 aliphatic heterocycles. The van der Waals surface area contributed by atoms with Crippen LogP contribution in [0.15, 0.2) is 12.7 Å². The van der Waals surface area contributed by atoms with Gasteiger partial charge in [0, 0.05) is 6.54 Å². The van der Waals surface area contributed by atoms with E-state index in [1.807, 2.05) is 0 Å². The molecule has 0 aromatic carbocycles. The second-order valence-electron chi connectivity index (χ2n) is 4.78. The van der Waals surface area contributed by atoms with Gasteiger partial charge in [-0.1, -0.05) is 25.8 Å². The van der Waals surface area contributed by atoms with E-state index >= 15 is 0 Å². The van der Waals surface area contributed by atoms with Crippen LogP contribution in [0.1, 0.15) is 39.0 Å². The summed E-state index contributed by atoms with van der Waals surface area (Å²) < 4.78 is 4.95. The molecule has 0 aromatic heterocycles. The molecule has 3 nitrogen and oxygen atoms in total. The zero-order chi connectivity index (χ0) is 12.0. The lowest BCUT2D eigenvalue weighted by Gasteiger charge is -2.30. The predicted octanol–water partition coefficient (Wildman–Crippen LogP) is 2.27. The number of rotatable bonds is 4. The lowest BCUT2D eigenvalue weighted by atomic mass is 9.89. The average molecular weight is 225 g/mol. The summed E-state index contributed by atoms with van der Waals surface area (Å²) in [7, 11) is 1.47. The molecule has 0 aromatic rings. The van der Waals surface area contributed by atoms with Crippen molar-refractivity contribution in [3.05, 3.63) is 12.7 Å². The molecule has 3 heteroatoms. The number of carbonyl (C=O) groups is 1. The Morgan fingerprint density at radius 3 is 2.94 bits per heavy atom. The number of hydrogen-bond donors (Lipinski definition) is 1. The van der Waals surface area contributed by atoms with Crippen LogP contribution in [0.5, 0.6) is 0 Å². The fourth-order valence-electron chi connectivity index (χ4n) is 2.43. The molecule has 0 amide bonds. The Morgan fingerprint density at radius 2 is 2.31 bits per heavy atom. The minimum absolute atomic E-state index is 0.122. The van der Waals surface area contributed by atoms with Crippen molar-refractivity contribution in [2.24, 2.45) is 5.92 Å². The van der Waals surface area contributed by atoms with Crippen LogP contribution >= 0.6 is 0 Å². The molecule has 2 unspecified atom stereocenters. The highest BCUT2D eigenvalue weighted by molar-refractivity contribution is 5.80. The van der Waals surface area contributed by atoms with E-state index in [0.717, 1.165) is 25.7 Å². The third-order valence-corrected chi connectivity index (χ3v) is 3.53. The van der Waals surface area contributed by atoms with Crippen molar-refractivity contribution in [1.82, 2.24) is 5.32 Å². The van der Waals surface area contributed by atoms with Crippen molar-refractivity contribution in [3.63, 3.8) is 0 Å². The van der Waals surface area contributed by atoms with Crippen LogP contribution in [0, 0.1) is 5.92 Å². The summed E-state index contributed by atoms with van der Waals surface area (Å²) in [6.45, 7) is 6.59. The van der Waals surface area contributed by atoms with Crippen LogP contribution in [0.2, 0.25) is 0 Å². The first kappa shape index (κ1) is 13.2. The number of ether oxygens (including phenoxy) is 1. The summed E-state index contributed by atoms with van der Waals surface area (Å²) in [4.78, 5) is 11.9. The fourth-order valence-corrected chi connectivity index (χ4v) is 2.43. The topological polar surface area (TPSA) is 38.3 Å². The third kappa shape index (κ3) is 3.08. The highest BCUT2D eigenvalue weighted by Gasteiger charge is 2.39. The Bertz CT molecular complexity index is 252. The van der Waals surface area contributed by atoms with E-state index in [9.17, 15) is 4.79 Å². The number of carbonyl (C=O) groups excluding carboxylic acids is 1. The molecule has 1 aliphatic carbocycles. The van der Waals surface area contributed by atoms with Gasteiger partial charge in [0.2, 0.25) is 0 Å². The molecular formula is C13H23NO2. The Hall–Kier alpha value is -0.830. The average Bonchev–Trinajstić information content (AvgIpc) is 2.49. The maximum Gasteiger partial charge on any atom is 0.326 e. The standard InChI is InChI=1S/C13H23NO2/c1-4-10-14-13(12(15)16-3)8-5-6-11(2)7-9-13/h4,11,14H,1,5-10H2,2-3H3. The lowest BCUT2D eigenvalue weighted by molar-refractivity contribution is -0.149. The first-order valence-corrected chi connectivity index (χ1v) is 6.09. The minimum Gasteiger partial charge on any atom is -0.468 e. The van der Waals surface area contributed by atoms with Crippen molar-refractivity contribution in [2.45, 2.75) is 44.6 Å². The summed E-state index contributed by atoms with van der Waals surface area (Å²) in [5.74, 6) is 0.584. The van der Waals surface area contributed by atoms with Gasteiger partial charge >= 0.3 is 5.97 Å². The quantitative estimate of drug-likeness (QED) is 0.453. The maximum atomic E-state index is 11.9. The molecule has 0 spiro atoms. The smallest absolute Gasteiger partial charge is 0.326 e. The molecule has 0 bridgehead atoms. The van der Waals surface area contributed by atoms with Gasteiger partial charge in [0.1, 0.15) is 5.54 Å². The Labute approximate surface area is 98.2 Å². The predicted molar refractivity (Wildman–Crippen MR) is 65.2 cm³/mol. The number of nitrogens with one attached hydrogen (secondary N) is 1. The monoisotopic (exact) mass is 225 g/mol. The molecule has 0 saturated heterocycles. The molecule has 1 fully saturated rings. The van der Waals surface area contributed by atoms with E-state index < -0.39 is 5.54 Å². The van der Waals surface area contributed by atoms with Crippen molar-refractivity contribution in [1.29, 1.82) is 0 Å². The van der Waals surface area contributed by atoms with E-state index in [2.05, 4.69) is 18.8 Å². The second kappa shape index (κ2) is 6.04. The van der Waals surface area contributed by atoms with Crippen molar-refractivity contribution in [2.75, 3.05) is 13.7 Å². The van der Waals surface area contributed by atoms with Crippen molar-refractivity contribution < 1.29 is 9.53 Å². The van der Waals surface area contributed by atoms with Gasteiger partial charge in [-0.25, -0.2) is 0 Å². The lowest BCUT2D eigenvalue weighted by Crippen LogP contribution is -2.52. The molecular weight excluding hydrogens is 202 g/mol. The Kier molecular flexibility index (Phi) is 5.00. The van der Waals surface area contributed by atoms with Gasteiger partial charge in [0.15, 0.2) is 0 Å². The Morgan fingerprint density at radius 1 is 1.56 bits per heavy atom. The minimum atomic E-state index is -0.478. The molecule has 0 heterocycles. The molecule has 16 heavy (non-hydrogen) atoms. The first-order chi connectivity index (χ1) is 7.64. The molecule has 1 N–H and O–H groups in total. The first-order valence-electron chi connectivity index (χ1n) is 6.09. The summed E-state index contributed by atoms with van der Waals surface area (Å²) in [5.41, 5.74) is -0.478. The normalized spacial score (nSPS) is 30.5. The van der Waals surface area contributed by atoms with E-state index in [4.69, 9.17) is 4.74 Å². The van der Waals surface area contributed by atoms with Crippen LogP contribution in [-0.4, -0.2) is 25.2 Å². The van der Waals surface area contributed by atoms with Crippen LogP contribution in [0.25, 0.3) is 0 Å². The van der Waals surface area contributed by atoms with Crippen LogP contribution < -0.4 is 5.32 Å². The highest BCUT2D eigenvalue weighted by Crippen LogP contribution is 2.31. The number of hydrogen-bond acceptors (Lipinski definition) is 3. The van der Waals surface area contributed by atoms with Crippen molar-refractivity contribution >= 4 is 5.97 Å². The van der Waals surface area contributed by atoms with Crippen LogP contribution in [-0.2, 0) is 9.53 Å². The fraction of sp³-hybridized carbons (Fsp3) is 0.769. The van der Waals surface area contributed by atoms with Crippen LogP contribution in [0.3, 0.4) is 0 Å². The van der Waals surface area contributed by atoms with Gasteiger partial charge in [0.05, 0.1) is 7.11 Å². The molecule has 1 aliphatic rings.